The van der Waals surface area contributed by atoms with Gasteiger partial charge in [-0.3, -0.25) is 10.1 Å². The Balaban J connectivity index is 2.32. The van der Waals surface area contributed by atoms with Gasteiger partial charge in [0.05, 0.1) is 4.92 Å². The third kappa shape index (κ3) is 3.35. The molecule has 0 amide bonds. The number of likely N-dealkylation sites (N-methyl/N-ethyl adjacent to an activating group) is 1. The molecule has 0 saturated heterocycles. The summed E-state index contributed by atoms with van der Waals surface area (Å²) in [4.78, 5) is 10.7. The summed E-state index contributed by atoms with van der Waals surface area (Å²) in [6, 6.07) is 14.5. The van der Waals surface area contributed by atoms with E-state index in [2.05, 4.69) is 5.32 Å². The van der Waals surface area contributed by atoms with Crippen LogP contribution in [0, 0.1) is 10.1 Å². The minimum absolute atomic E-state index is 0.00775. The molecule has 0 radical (unpaired) electrons. The fourth-order valence-electron chi connectivity index (χ4n) is 2.19. The van der Waals surface area contributed by atoms with Gasteiger partial charge >= 0.3 is 0 Å². The van der Waals surface area contributed by atoms with Crippen molar-refractivity contribution in [3.63, 3.8) is 0 Å². The highest BCUT2D eigenvalue weighted by molar-refractivity contribution is 6.30. The first-order valence-corrected chi connectivity index (χ1v) is 6.64. The highest BCUT2D eigenvalue weighted by atomic mass is 35.5. The monoisotopic (exact) mass is 290 g/mol. The van der Waals surface area contributed by atoms with Crippen molar-refractivity contribution in [1.29, 1.82) is 0 Å². The number of nitrogens with one attached hydrogen (secondary N) is 1. The van der Waals surface area contributed by atoms with E-state index in [9.17, 15) is 10.1 Å². The van der Waals surface area contributed by atoms with E-state index >= 15 is 0 Å². The van der Waals surface area contributed by atoms with E-state index in [0.717, 1.165) is 5.56 Å². The van der Waals surface area contributed by atoms with Gasteiger partial charge in [0.25, 0.3) is 5.69 Å². The molecule has 20 heavy (non-hydrogen) atoms. The van der Waals surface area contributed by atoms with Crippen LogP contribution in [0.15, 0.2) is 48.5 Å². The maximum Gasteiger partial charge on any atom is 0.272 e. The van der Waals surface area contributed by atoms with Crippen molar-refractivity contribution in [2.45, 2.75) is 12.5 Å². The first-order chi connectivity index (χ1) is 9.61. The first kappa shape index (κ1) is 14.5. The first-order valence-electron chi connectivity index (χ1n) is 6.27. The van der Waals surface area contributed by atoms with Crippen LogP contribution in [0.2, 0.25) is 5.02 Å². The van der Waals surface area contributed by atoms with Crippen LogP contribution in [0.1, 0.15) is 17.2 Å². The van der Waals surface area contributed by atoms with E-state index in [0.29, 0.717) is 17.0 Å². The summed E-state index contributed by atoms with van der Waals surface area (Å²) in [7, 11) is 1.84. The van der Waals surface area contributed by atoms with Crippen molar-refractivity contribution >= 4 is 17.3 Å². The Morgan fingerprint density at radius 1 is 1.25 bits per heavy atom. The Bertz CT molecular complexity index is 602. The number of hydrogen-bond acceptors (Lipinski definition) is 3. The third-order valence-electron chi connectivity index (χ3n) is 3.21. The number of hydrogen-bond donors (Lipinski definition) is 1. The molecule has 0 aliphatic carbocycles. The molecule has 104 valence electrons. The molecule has 2 rings (SSSR count). The lowest BCUT2D eigenvalue weighted by molar-refractivity contribution is -0.385. The topological polar surface area (TPSA) is 55.2 Å². The summed E-state index contributed by atoms with van der Waals surface area (Å²) in [6.45, 7) is 0. The van der Waals surface area contributed by atoms with E-state index in [4.69, 9.17) is 11.6 Å². The molecule has 0 spiro atoms. The van der Waals surface area contributed by atoms with Crippen molar-refractivity contribution in [3.05, 3.63) is 74.8 Å². The molecule has 5 heteroatoms. The molecule has 0 heterocycles. The largest absolute Gasteiger partial charge is 0.313 e. The van der Waals surface area contributed by atoms with Crippen molar-refractivity contribution < 1.29 is 4.92 Å². The summed E-state index contributed by atoms with van der Waals surface area (Å²) >= 11 is 5.95. The molecule has 0 aromatic heterocycles. The maximum absolute atomic E-state index is 11.1. The van der Waals surface area contributed by atoms with E-state index in [1.807, 2.05) is 37.4 Å². The number of halogens is 1. The van der Waals surface area contributed by atoms with Gasteiger partial charge in [-0.25, -0.2) is 0 Å². The van der Waals surface area contributed by atoms with Gasteiger partial charge in [0.15, 0.2) is 0 Å². The molecule has 0 aliphatic rings. The fraction of sp³-hybridized carbons (Fsp3) is 0.200. The van der Waals surface area contributed by atoms with E-state index in [1.165, 1.54) is 6.07 Å². The zero-order valence-corrected chi connectivity index (χ0v) is 11.8. The quantitative estimate of drug-likeness (QED) is 0.674. The summed E-state index contributed by atoms with van der Waals surface area (Å²) < 4.78 is 0. The van der Waals surface area contributed by atoms with Gasteiger partial charge in [-0.1, -0.05) is 41.9 Å². The molecule has 2 aromatic rings. The van der Waals surface area contributed by atoms with Crippen LogP contribution in [-0.4, -0.2) is 12.0 Å². The molecule has 1 N–H and O–H groups in total. The lowest BCUT2D eigenvalue weighted by Crippen LogP contribution is -2.19. The second-order valence-electron chi connectivity index (χ2n) is 4.49. The SMILES string of the molecule is CNC(Cc1cc(Cl)ccc1[N+](=O)[O-])c1ccccc1. The number of nitrogens with zero attached hydrogens (tertiary/aromatic N) is 1. The lowest BCUT2D eigenvalue weighted by Gasteiger charge is -2.16. The highest BCUT2D eigenvalue weighted by Gasteiger charge is 2.18. The minimum atomic E-state index is -0.372. The van der Waals surface area contributed by atoms with Crippen LogP contribution in [0.5, 0.6) is 0 Å². The number of nitro benzene ring substituents is 1. The van der Waals surface area contributed by atoms with Crippen molar-refractivity contribution in [2.24, 2.45) is 0 Å². The average molecular weight is 291 g/mol. The summed E-state index contributed by atoms with van der Waals surface area (Å²) in [5.74, 6) is 0. The second kappa shape index (κ2) is 6.50. The maximum atomic E-state index is 11.1. The number of benzene rings is 2. The molecule has 0 bridgehead atoms. The Morgan fingerprint density at radius 3 is 2.55 bits per heavy atom. The molecule has 0 saturated carbocycles. The zero-order valence-electron chi connectivity index (χ0n) is 11.0. The predicted molar refractivity (Wildman–Crippen MR) is 80.1 cm³/mol. The molecule has 1 unspecified atom stereocenters. The number of rotatable bonds is 5. The Hall–Kier alpha value is -1.91. The van der Waals surface area contributed by atoms with Gasteiger partial charge in [-0.2, -0.15) is 0 Å². The Morgan fingerprint density at radius 2 is 1.95 bits per heavy atom. The molecule has 2 aromatic carbocycles. The summed E-state index contributed by atoms with van der Waals surface area (Å²) in [5, 5.41) is 14.8. The van der Waals surface area contributed by atoms with Gasteiger partial charge < -0.3 is 5.32 Å². The Kier molecular flexibility index (Phi) is 4.71. The summed E-state index contributed by atoms with van der Waals surface area (Å²) in [6.07, 6.45) is 0.511. The van der Waals surface area contributed by atoms with Crippen LogP contribution in [0.3, 0.4) is 0 Å². The van der Waals surface area contributed by atoms with Crippen LogP contribution in [0.25, 0.3) is 0 Å². The summed E-state index contributed by atoms with van der Waals surface area (Å²) in [5.41, 5.74) is 1.82. The smallest absolute Gasteiger partial charge is 0.272 e. The van der Waals surface area contributed by atoms with Crippen LogP contribution >= 0.6 is 11.6 Å². The molecular formula is C15H15ClN2O2. The van der Waals surface area contributed by atoms with Gasteiger partial charge in [-0.05, 0) is 31.2 Å². The highest BCUT2D eigenvalue weighted by Crippen LogP contribution is 2.27. The molecule has 0 aliphatic heterocycles. The van der Waals surface area contributed by atoms with Crippen LogP contribution < -0.4 is 5.32 Å². The fourth-order valence-corrected chi connectivity index (χ4v) is 2.38. The van der Waals surface area contributed by atoms with Crippen LogP contribution in [0.4, 0.5) is 5.69 Å². The Labute approximate surface area is 122 Å². The van der Waals surface area contributed by atoms with Crippen molar-refractivity contribution in [3.8, 4) is 0 Å². The molecule has 1 atom stereocenters. The zero-order chi connectivity index (χ0) is 14.5. The van der Waals surface area contributed by atoms with Gasteiger partial charge in [0, 0.05) is 22.7 Å². The standard InChI is InChI=1S/C15H15ClN2O2/c1-17-14(11-5-3-2-4-6-11)10-12-9-13(16)7-8-15(12)18(19)20/h2-9,14,17H,10H2,1H3. The van der Waals surface area contributed by atoms with Crippen molar-refractivity contribution in [2.75, 3.05) is 7.05 Å². The third-order valence-corrected chi connectivity index (χ3v) is 3.45. The van der Waals surface area contributed by atoms with E-state index in [1.54, 1.807) is 12.1 Å². The van der Waals surface area contributed by atoms with Gasteiger partial charge in [0.1, 0.15) is 0 Å². The van der Waals surface area contributed by atoms with Gasteiger partial charge in [0.2, 0.25) is 0 Å². The molecular weight excluding hydrogens is 276 g/mol. The lowest BCUT2D eigenvalue weighted by atomic mass is 9.98. The van der Waals surface area contributed by atoms with Crippen molar-refractivity contribution in [1.82, 2.24) is 5.32 Å². The van der Waals surface area contributed by atoms with Crippen LogP contribution in [-0.2, 0) is 6.42 Å². The van der Waals surface area contributed by atoms with E-state index in [-0.39, 0.29) is 16.7 Å². The number of nitro groups is 1. The molecule has 0 fully saturated rings. The minimum Gasteiger partial charge on any atom is -0.313 e. The average Bonchev–Trinajstić information content (AvgIpc) is 2.45. The normalized spacial score (nSPS) is 12.1. The van der Waals surface area contributed by atoms with Gasteiger partial charge in [-0.15, -0.1) is 0 Å². The predicted octanol–water partition coefficient (Wildman–Crippen LogP) is 3.75. The van der Waals surface area contributed by atoms with E-state index < -0.39 is 0 Å². The molecule has 4 nitrogen and oxygen atoms in total. The second-order valence-corrected chi connectivity index (χ2v) is 4.92.